The summed E-state index contributed by atoms with van der Waals surface area (Å²) in [4.78, 5) is 14.2. The molecule has 0 aliphatic heterocycles. The molecule has 0 heterocycles. The maximum Gasteiger partial charge on any atom is 0.323 e. The number of hydrogen-bond acceptors (Lipinski definition) is 4. The maximum atomic E-state index is 11.8. The maximum absolute atomic E-state index is 11.8. The number of nitrogens with zero attached hydrogens (tertiary/aromatic N) is 1. The van der Waals surface area contributed by atoms with Crippen molar-refractivity contribution in [1.82, 2.24) is 10.2 Å². The van der Waals surface area contributed by atoms with E-state index in [2.05, 4.69) is 17.1 Å². The lowest BCUT2D eigenvalue weighted by atomic mass is 9.78. The average Bonchev–Trinajstić information content (AvgIpc) is 3.24. The van der Waals surface area contributed by atoms with E-state index in [1.807, 2.05) is 0 Å². The second-order valence-electron chi connectivity index (χ2n) is 6.18. The topological polar surface area (TPSA) is 61.8 Å². The summed E-state index contributed by atoms with van der Waals surface area (Å²) >= 11 is 0. The van der Waals surface area contributed by atoms with Crippen LogP contribution in [0.4, 0.5) is 0 Å². The number of hydrogen-bond donors (Lipinski definition) is 2. The van der Waals surface area contributed by atoms with Crippen molar-refractivity contribution in [3.8, 4) is 0 Å². The Morgan fingerprint density at radius 2 is 2.20 bits per heavy atom. The number of aliphatic carboxylic acids is 1. The summed E-state index contributed by atoms with van der Waals surface area (Å²) < 4.78 is 5.17. The van der Waals surface area contributed by atoms with Crippen LogP contribution in [0.5, 0.6) is 0 Å². The summed E-state index contributed by atoms with van der Waals surface area (Å²) in [6.07, 6.45) is 5.81. The minimum absolute atomic E-state index is 0.353. The zero-order valence-corrected chi connectivity index (χ0v) is 12.7. The second kappa shape index (κ2) is 6.87. The molecule has 116 valence electrons. The summed E-state index contributed by atoms with van der Waals surface area (Å²) in [7, 11) is 1.71. The van der Waals surface area contributed by atoms with Crippen molar-refractivity contribution in [3.05, 3.63) is 0 Å². The summed E-state index contributed by atoms with van der Waals surface area (Å²) in [5.41, 5.74) is -0.704. The third-order valence-corrected chi connectivity index (χ3v) is 4.70. The molecule has 0 aromatic rings. The Bertz CT molecular complexity index is 333. The minimum Gasteiger partial charge on any atom is -0.480 e. The first-order valence-electron chi connectivity index (χ1n) is 7.85. The molecule has 5 heteroatoms. The molecule has 0 amide bonds. The highest BCUT2D eigenvalue weighted by atomic mass is 16.5. The fourth-order valence-corrected chi connectivity index (χ4v) is 3.37. The van der Waals surface area contributed by atoms with Crippen molar-refractivity contribution in [2.75, 3.05) is 26.8 Å². The number of rotatable bonds is 8. The number of ether oxygens (including phenoxy) is 1. The molecule has 0 bridgehead atoms. The summed E-state index contributed by atoms with van der Waals surface area (Å²) in [6.45, 7) is 4.69. The van der Waals surface area contributed by atoms with Crippen LogP contribution in [0.3, 0.4) is 0 Å². The highest BCUT2D eigenvalue weighted by molar-refractivity contribution is 5.79. The molecule has 2 saturated carbocycles. The molecule has 0 aromatic heterocycles. The first kappa shape index (κ1) is 15.7. The van der Waals surface area contributed by atoms with Crippen molar-refractivity contribution >= 4 is 5.97 Å². The lowest BCUT2D eigenvalue weighted by molar-refractivity contribution is -0.147. The molecule has 2 atom stereocenters. The van der Waals surface area contributed by atoms with E-state index < -0.39 is 11.5 Å². The smallest absolute Gasteiger partial charge is 0.323 e. The third kappa shape index (κ3) is 3.71. The van der Waals surface area contributed by atoms with E-state index in [0.717, 1.165) is 51.6 Å². The second-order valence-corrected chi connectivity index (χ2v) is 6.18. The van der Waals surface area contributed by atoms with Crippen LogP contribution in [-0.4, -0.2) is 60.4 Å². The van der Waals surface area contributed by atoms with Crippen LogP contribution in [0.15, 0.2) is 0 Å². The van der Waals surface area contributed by atoms with E-state index in [9.17, 15) is 9.90 Å². The van der Waals surface area contributed by atoms with E-state index in [1.54, 1.807) is 7.11 Å². The van der Waals surface area contributed by atoms with Gasteiger partial charge in [-0.25, -0.2) is 0 Å². The predicted molar refractivity (Wildman–Crippen MR) is 77.9 cm³/mol. The first-order valence-corrected chi connectivity index (χ1v) is 7.85. The first-order chi connectivity index (χ1) is 9.61. The predicted octanol–water partition coefficient (Wildman–Crippen LogP) is 1.47. The highest BCUT2D eigenvalue weighted by Crippen LogP contribution is 2.35. The SMILES string of the molecule is CCN(CCOC)C1CCCC(NC2CC2)(C(=O)O)C1. The number of carbonyl (C=O) groups is 1. The summed E-state index contributed by atoms with van der Waals surface area (Å²) in [5, 5.41) is 13.1. The van der Waals surface area contributed by atoms with Crippen molar-refractivity contribution < 1.29 is 14.6 Å². The molecule has 0 saturated heterocycles. The molecule has 0 spiro atoms. The Hall–Kier alpha value is -0.650. The lowest BCUT2D eigenvalue weighted by Gasteiger charge is -2.42. The van der Waals surface area contributed by atoms with Gasteiger partial charge in [-0.2, -0.15) is 0 Å². The molecule has 5 nitrogen and oxygen atoms in total. The minimum atomic E-state index is -0.704. The van der Waals surface area contributed by atoms with Crippen LogP contribution in [0.25, 0.3) is 0 Å². The standard InChI is InChI=1S/C15H28N2O3/c1-3-17(9-10-20-2)13-5-4-8-15(11-13,14(18)19)16-12-6-7-12/h12-13,16H,3-11H2,1-2H3,(H,18,19). The number of likely N-dealkylation sites (N-methyl/N-ethyl adjacent to an activating group) is 1. The van der Waals surface area contributed by atoms with E-state index in [1.165, 1.54) is 0 Å². The molecule has 2 aliphatic carbocycles. The fourth-order valence-electron chi connectivity index (χ4n) is 3.37. The monoisotopic (exact) mass is 284 g/mol. The van der Waals surface area contributed by atoms with Gasteiger partial charge >= 0.3 is 5.97 Å². The van der Waals surface area contributed by atoms with Gasteiger partial charge in [0.15, 0.2) is 0 Å². The van der Waals surface area contributed by atoms with Crippen LogP contribution >= 0.6 is 0 Å². The van der Waals surface area contributed by atoms with Gasteiger partial charge in [0, 0.05) is 25.7 Å². The van der Waals surface area contributed by atoms with E-state index in [4.69, 9.17) is 4.74 Å². The van der Waals surface area contributed by atoms with Gasteiger partial charge in [0.25, 0.3) is 0 Å². The van der Waals surface area contributed by atoms with Gasteiger partial charge in [0.05, 0.1) is 6.61 Å². The summed E-state index contributed by atoms with van der Waals surface area (Å²) in [6, 6.07) is 0.783. The third-order valence-electron chi connectivity index (χ3n) is 4.70. The average molecular weight is 284 g/mol. The number of carboxylic acid groups (broad SMARTS) is 1. The number of nitrogens with one attached hydrogen (secondary N) is 1. The van der Waals surface area contributed by atoms with Crippen molar-refractivity contribution in [2.45, 2.75) is 63.1 Å². The van der Waals surface area contributed by atoms with Gasteiger partial charge in [-0.15, -0.1) is 0 Å². The van der Waals surface area contributed by atoms with Crippen molar-refractivity contribution in [3.63, 3.8) is 0 Å². The Kier molecular flexibility index (Phi) is 5.41. The Morgan fingerprint density at radius 1 is 1.45 bits per heavy atom. The summed E-state index contributed by atoms with van der Waals surface area (Å²) in [5.74, 6) is -0.670. The molecular formula is C15H28N2O3. The van der Waals surface area contributed by atoms with E-state index in [-0.39, 0.29) is 0 Å². The zero-order chi connectivity index (χ0) is 14.6. The molecule has 2 fully saturated rings. The van der Waals surface area contributed by atoms with Crippen LogP contribution < -0.4 is 5.32 Å². The van der Waals surface area contributed by atoms with Gasteiger partial charge in [0.2, 0.25) is 0 Å². The van der Waals surface area contributed by atoms with E-state index >= 15 is 0 Å². The molecular weight excluding hydrogens is 256 g/mol. The van der Waals surface area contributed by atoms with Gasteiger partial charge in [-0.3, -0.25) is 15.0 Å². The number of methoxy groups -OCH3 is 1. The highest BCUT2D eigenvalue weighted by Gasteiger charge is 2.46. The zero-order valence-electron chi connectivity index (χ0n) is 12.7. The normalized spacial score (nSPS) is 30.6. The van der Waals surface area contributed by atoms with Crippen molar-refractivity contribution in [2.24, 2.45) is 0 Å². The number of carboxylic acids is 1. The quantitative estimate of drug-likeness (QED) is 0.707. The Labute approximate surface area is 121 Å². The Morgan fingerprint density at radius 3 is 2.75 bits per heavy atom. The molecule has 2 unspecified atom stereocenters. The van der Waals surface area contributed by atoms with Crippen molar-refractivity contribution in [1.29, 1.82) is 0 Å². The van der Waals surface area contributed by atoms with Gasteiger partial charge < -0.3 is 9.84 Å². The molecule has 2 rings (SSSR count). The molecule has 20 heavy (non-hydrogen) atoms. The molecule has 0 aromatic carbocycles. The fraction of sp³-hybridized carbons (Fsp3) is 0.933. The van der Waals surface area contributed by atoms with E-state index in [0.29, 0.717) is 18.7 Å². The van der Waals surface area contributed by atoms with Gasteiger partial charge in [0.1, 0.15) is 5.54 Å². The molecule has 2 N–H and O–H groups in total. The van der Waals surface area contributed by atoms with Crippen LogP contribution in [0, 0.1) is 0 Å². The lowest BCUT2D eigenvalue weighted by Crippen LogP contribution is -2.59. The Balaban J connectivity index is 2.01. The van der Waals surface area contributed by atoms with Crippen LogP contribution in [0.2, 0.25) is 0 Å². The van der Waals surface area contributed by atoms with Crippen LogP contribution in [-0.2, 0) is 9.53 Å². The largest absolute Gasteiger partial charge is 0.480 e. The van der Waals surface area contributed by atoms with Crippen LogP contribution in [0.1, 0.15) is 45.4 Å². The molecule has 0 radical (unpaired) electrons. The van der Waals surface area contributed by atoms with Gasteiger partial charge in [-0.05, 0) is 45.1 Å². The molecule has 2 aliphatic rings. The van der Waals surface area contributed by atoms with Gasteiger partial charge in [-0.1, -0.05) is 6.92 Å².